The second-order valence-electron chi connectivity index (χ2n) is 4.51. The maximum atomic E-state index is 11.4. The first-order valence-electron chi connectivity index (χ1n) is 6.19. The average molecular weight is 255 g/mol. The van der Waals surface area contributed by atoms with Gasteiger partial charge in [0.15, 0.2) is 0 Å². The van der Waals surface area contributed by atoms with Gasteiger partial charge in [-0.25, -0.2) is 0 Å². The molecular formula is C15H17N3O. The van der Waals surface area contributed by atoms with E-state index in [2.05, 4.69) is 10.3 Å². The number of pyridine rings is 1. The lowest BCUT2D eigenvalue weighted by Gasteiger charge is -2.08. The molecule has 0 aliphatic carbocycles. The van der Waals surface area contributed by atoms with Crippen molar-refractivity contribution in [3.63, 3.8) is 0 Å². The molecule has 0 spiro atoms. The Hall–Kier alpha value is -2.20. The zero-order valence-corrected chi connectivity index (χ0v) is 10.8. The summed E-state index contributed by atoms with van der Waals surface area (Å²) >= 11 is 0. The maximum absolute atomic E-state index is 11.4. The topological polar surface area (TPSA) is 68.0 Å². The molecule has 98 valence electrons. The van der Waals surface area contributed by atoms with Crippen LogP contribution in [0.15, 0.2) is 48.8 Å². The fraction of sp³-hybridized carbons (Fsp3) is 0.200. The highest BCUT2D eigenvalue weighted by molar-refractivity contribution is 5.94. The van der Waals surface area contributed by atoms with Crippen molar-refractivity contribution < 1.29 is 4.79 Å². The van der Waals surface area contributed by atoms with Crippen LogP contribution in [0.2, 0.25) is 0 Å². The molecule has 1 atom stereocenters. The van der Waals surface area contributed by atoms with Crippen LogP contribution in [0.4, 0.5) is 5.69 Å². The van der Waals surface area contributed by atoms with Crippen molar-refractivity contribution in [2.75, 3.05) is 5.32 Å². The third-order valence-electron chi connectivity index (χ3n) is 2.79. The molecule has 4 heteroatoms. The number of nitrogens with zero attached hydrogens (tertiary/aromatic N) is 1. The third kappa shape index (κ3) is 3.89. The molecule has 0 bridgehead atoms. The number of rotatable bonds is 4. The Bertz CT molecular complexity index is 535. The molecule has 1 unspecified atom stereocenters. The van der Waals surface area contributed by atoms with Crippen molar-refractivity contribution in [3.05, 3.63) is 59.9 Å². The molecule has 0 aliphatic rings. The van der Waals surface area contributed by atoms with Gasteiger partial charge in [-0.05, 0) is 48.7 Å². The van der Waals surface area contributed by atoms with E-state index in [1.807, 2.05) is 36.4 Å². The first-order valence-corrected chi connectivity index (χ1v) is 6.19. The molecule has 2 rings (SSSR count). The normalized spacial score (nSPS) is 11.9. The molecule has 1 amide bonds. The Labute approximate surface area is 112 Å². The zero-order chi connectivity index (χ0) is 13.7. The van der Waals surface area contributed by atoms with Gasteiger partial charge >= 0.3 is 0 Å². The predicted molar refractivity (Wildman–Crippen MR) is 75.8 cm³/mol. The van der Waals surface area contributed by atoms with Gasteiger partial charge in [0.2, 0.25) is 5.91 Å². The first-order chi connectivity index (χ1) is 9.15. The number of nitrogens with one attached hydrogen (secondary N) is 1. The Morgan fingerprint density at radius 1 is 1.16 bits per heavy atom. The van der Waals surface area contributed by atoms with Crippen molar-refractivity contribution in [1.82, 2.24) is 4.98 Å². The number of nitrogens with two attached hydrogens (primary N) is 1. The fourth-order valence-electron chi connectivity index (χ4n) is 1.70. The molecule has 3 N–H and O–H groups in total. The Kier molecular flexibility index (Phi) is 4.26. The van der Waals surface area contributed by atoms with Crippen LogP contribution < -0.4 is 11.1 Å². The average Bonchev–Trinajstić information content (AvgIpc) is 2.42. The summed E-state index contributed by atoms with van der Waals surface area (Å²) in [6.45, 7) is 1.66. The summed E-state index contributed by atoms with van der Waals surface area (Å²) in [4.78, 5) is 15.4. The number of benzene rings is 1. The number of amides is 1. The highest BCUT2D eigenvalue weighted by atomic mass is 16.2. The predicted octanol–water partition coefficient (Wildman–Crippen LogP) is 1.96. The van der Waals surface area contributed by atoms with Crippen LogP contribution in [-0.4, -0.2) is 16.9 Å². The number of carbonyl (C=O) groups is 1. The smallest absolute Gasteiger partial charge is 0.240 e. The fourth-order valence-corrected chi connectivity index (χ4v) is 1.70. The highest BCUT2D eigenvalue weighted by Crippen LogP contribution is 2.13. The summed E-state index contributed by atoms with van der Waals surface area (Å²) < 4.78 is 0. The van der Waals surface area contributed by atoms with E-state index >= 15 is 0 Å². The molecule has 4 nitrogen and oxygen atoms in total. The van der Waals surface area contributed by atoms with Gasteiger partial charge in [0.05, 0.1) is 6.04 Å². The SMILES string of the molecule is CC(N)C(=O)Nc1ccc(Cc2ccncc2)cc1. The van der Waals surface area contributed by atoms with Crippen LogP contribution in [0.25, 0.3) is 0 Å². The Morgan fingerprint density at radius 3 is 2.32 bits per heavy atom. The van der Waals surface area contributed by atoms with E-state index in [9.17, 15) is 4.79 Å². The zero-order valence-electron chi connectivity index (χ0n) is 10.8. The van der Waals surface area contributed by atoms with Crippen LogP contribution in [0.1, 0.15) is 18.1 Å². The van der Waals surface area contributed by atoms with Crippen molar-refractivity contribution >= 4 is 11.6 Å². The molecule has 0 aliphatic heterocycles. The number of carbonyl (C=O) groups excluding carboxylic acids is 1. The minimum atomic E-state index is -0.503. The first kappa shape index (κ1) is 13.2. The van der Waals surface area contributed by atoms with E-state index in [0.29, 0.717) is 0 Å². The molecule has 1 aromatic carbocycles. The second-order valence-corrected chi connectivity index (χ2v) is 4.51. The van der Waals surface area contributed by atoms with Gasteiger partial charge in [-0.2, -0.15) is 0 Å². The van der Waals surface area contributed by atoms with E-state index in [1.54, 1.807) is 19.3 Å². The largest absolute Gasteiger partial charge is 0.325 e. The van der Waals surface area contributed by atoms with E-state index < -0.39 is 6.04 Å². The van der Waals surface area contributed by atoms with E-state index in [-0.39, 0.29) is 5.91 Å². The van der Waals surface area contributed by atoms with E-state index in [1.165, 1.54) is 11.1 Å². The van der Waals surface area contributed by atoms with Crippen LogP contribution in [0.3, 0.4) is 0 Å². The molecule has 19 heavy (non-hydrogen) atoms. The lowest BCUT2D eigenvalue weighted by Crippen LogP contribution is -2.32. The lowest BCUT2D eigenvalue weighted by atomic mass is 10.1. The molecule has 1 heterocycles. The van der Waals surface area contributed by atoms with Crippen molar-refractivity contribution in [1.29, 1.82) is 0 Å². The highest BCUT2D eigenvalue weighted by Gasteiger charge is 2.06. The van der Waals surface area contributed by atoms with Gasteiger partial charge < -0.3 is 11.1 Å². The van der Waals surface area contributed by atoms with Crippen LogP contribution in [0.5, 0.6) is 0 Å². The van der Waals surface area contributed by atoms with Gasteiger partial charge in [0.1, 0.15) is 0 Å². The summed E-state index contributed by atoms with van der Waals surface area (Å²) in [6.07, 6.45) is 4.42. The minimum absolute atomic E-state index is 0.179. The van der Waals surface area contributed by atoms with Crippen molar-refractivity contribution in [2.45, 2.75) is 19.4 Å². The van der Waals surface area contributed by atoms with Crippen molar-refractivity contribution in [3.8, 4) is 0 Å². The quantitative estimate of drug-likeness (QED) is 0.877. The Balaban J connectivity index is 2.01. The number of hydrogen-bond acceptors (Lipinski definition) is 3. The van der Waals surface area contributed by atoms with E-state index in [0.717, 1.165) is 12.1 Å². The summed E-state index contributed by atoms with van der Waals surface area (Å²) in [5.74, 6) is -0.179. The molecule has 0 radical (unpaired) electrons. The van der Waals surface area contributed by atoms with Crippen LogP contribution in [0, 0.1) is 0 Å². The molecule has 0 saturated heterocycles. The lowest BCUT2D eigenvalue weighted by molar-refractivity contribution is -0.117. The molecule has 2 aromatic rings. The maximum Gasteiger partial charge on any atom is 0.240 e. The van der Waals surface area contributed by atoms with Gasteiger partial charge in [0.25, 0.3) is 0 Å². The monoisotopic (exact) mass is 255 g/mol. The van der Waals surface area contributed by atoms with Gasteiger partial charge in [-0.15, -0.1) is 0 Å². The summed E-state index contributed by atoms with van der Waals surface area (Å²) in [5.41, 5.74) is 8.66. The molecule has 0 saturated carbocycles. The van der Waals surface area contributed by atoms with Gasteiger partial charge in [0, 0.05) is 18.1 Å². The minimum Gasteiger partial charge on any atom is -0.325 e. The number of anilines is 1. The molecular weight excluding hydrogens is 238 g/mol. The van der Waals surface area contributed by atoms with Crippen LogP contribution in [-0.2, 0) is 11.2 Å². The number of aromatic nitrogens is 1. The molecule has 1 aromatic heterocycles. The van der Waals surface area contributed by atoms with Gasteiger partial charge in [-0.1, -0.05) is 12.1 Å². The standard InChI is InChI=1S/C15H17N3O/c1-11(16)15(19)18-14-4-2-12(3-5-14)10-13-6-8-17-9-7-13/h2-9,11H,10,16H2,1H3,(H,18,19). The second kappa shape index (κ2) is 6.11. The van der Waals surface area contributed by atoms with Crippen LogP contribution >= 0.6 is 0 Å². The van der Waals surface area contributed by atoms with Gasteiger partial charge in [-0.3, -0.25) is 9.78 Å². The molecule has 0 fully saturated rings. The van der Waals surface area contributed by atoms with E-state index in [4.69, 9.17) is 5.73 Å². The number of hydrogen-bond donors (Lipinski definition) is 2. The van der Waals surface area contributed by atoms with Crippen molar-refractivity contribution in [2.24, 2.45) is 5.73 Å². The summed E-state index contributed by atoms with van der Waals surface area (Å²) in [6, 6.07) is 11.2. The third-order valence-corrected chi connectivity index (χ3v) is 2.79. The Morgan fingerprint density at radius 2 is 1.74 bits per heavy atom. The summed E-state index contributed by atoms with van der Waals surface area (Å²) in [7, 11) is 0. The summed E-state index contributed by atoms with van der Waals surface area (Å²) in [5, 5.41) is 2.76.